The van der Waals surface area contributed by atoms with Crippen molar-refractivity contribution >= 4 is 39.2 Å². The topological polar surface area (TPSA) is 96.8 Å². The quantitative estimate of drug-likeness (QED) is 0.476. The number of carbonyl (C=O) groups excluding carboxylic acids is 1. The number of aromatic nitrogens is 5. The van der Waals surface area contributed by atoms with Crippen LogP contribution in [0.15, 0.2) is 52.0 Å². The van der Waals surface area contributed by atoms with Crippen LogP contribution in [-0.4, -0.2) is 48.3 Å². The first kappa shape index (κ1) is 19.3. The predicted octanol–water partition coefficient (Wildman–Crippen LogP) is 2.62. The zero-order chi connectivity index (χ0) is 20.4. The fourth-order valence-corrected chi connectivity index (χ4v) is 4.35. The first-order valence-electron chi connectivity index (χ1n) is 8.81. The van der Waals surface area contributed by atoms with Crippen LogP contribution in [0.4, 0.5) is 0 Å². The Morgan fingerprint density at radius 2 is 2.07 bits per heavy atom. The summed E-state index contributed by atoms with van der Waals surface area (Å²) in [6, 6.07) is 9.80. The van der Waals surface area contributed by atoms with Crippen molar-refractivity contribution in [1.82, 2.24) is 29.6 Å². The van der Waals surface area contributed by atoms with E-state index in [0.717, 1.165) is 5.69 Å². The highest BCUT2D eigenvalue weighted by atomic mass is 32.2. The van der Waals surface area contributed by atoms with Crippen molar-refractivity contribution in [2.24, 2.45) is 0 Å². The van der Waals surface area contributed by atoms with E-state index in [2.05, 4.69) is 20.2 Å². The number of hydrogen-bond donors (Lipinski definition) is 1. The Kier molecular flexibility index (Phi) is 5.45. The van der Waals surface area contributed by atoms with Crippen molar-refractivity contribution in [2.75, 3.05) is 12.8 Å². The molecule has 0 saturated heterocycles. The summed E-state index contributed by atoms with van der Waals surface area (Å²) in [5.41, 5.74) is 2.58. The van der Waals surface area contributed by atoms with Gasteiger partial charge >= 0.3 is 0 Å². The van der Waals surface area contributed by atoms with Gasteiger partial charge in [0.15, 0.2) is 5.16 Å². The lowest BCUT2D eigenvalue weighted by Crippen LogP contribution is -2.29. The molecule has 3 heterocycles. The van der Waals surface area contributed by atoms with Crippen LogP contribution >= 0.6 is 23.1 Å². The molecule has 10 heteroatoms. The molecule has 0 saturated carbocycles. The fourth-order valence-electron chi connectivity index (χ4n) is 2.75. The molecule has 1 N–H and O–H groups in total. The Balaban J connectivity index is 1.41. The Hall–Kier alpha value is -2.98. The number of nitrogens with zero attached hydrogens (tertiary/aromatic N) is 5. The molecular formula is C19H18N6O2S2. The van der Waals surface area contributed by atoms with Gasteiger partial charge in [-0.1, -0.05) is 29.5 Å². The summed E-state index contributed by atoms with van der Waals surface area (Å²) in [5, 5.41) is 10.5. The van der Waals surface area contributed by atoms with Gasteiger partial charge in [-0.05, 0) is 30.5 Å². The van der Waals surface area contributed by atoms with Gasteiger partial charge in [-0.25, -0.2) is 4.98 Å². The van der Waals surface area contributed by atoms with E-state index in [9.17, 15) is 9.59 Å². The average Bonchev–Trinajstić information content (AvgIpc) is 3.36. The third-order valence-electron chi connectivity index (χ3n) is 4.33. The van der Waals surface area contributed by atoms with E-state index in [1.54, 1.807) is 19.4 Å². The maximum atomic E-state index is 12.6. The SMILES string of the molecule is Cc1ccc(-n2cnnc2SCC(=O)N(C)Cc2nc3ccsc3c(=O)[nH]2)cc1. The highest BCUT2D eigenvalue weighted by Gasteiger charge is 2.15. The molecule has 148 valence electrons. The van der Waals surface area contributed by atoms with Crippen molar-refractivity contribution < 1.29 is 4.79 Å². The Labute approximate surface area is 174 Å². The van der Waals surface area contributed by atoms with E-state index in [0.29, 0.717) is 21.2 Å². The molecule has 0 fully saturated rings. The predicted molar refractivity (Wildman–Crippen MR) is 114 cm³/mol. The fraction of sp³-hybridized carbons (Fsp3) is 0.211. The summed E-state index contributed by atoms with van der Waals surface area (Å²) in [6.07, 6.45) is 1.63. The summed E-state index contributed by atoms with van der Waals surface area (Å²) in [4.78, 5) is 33.3. The second-order valence-corrected chi connectivity index (χ2v) is 8.36. The summed E-state index contributed by atoms with van der Waals surface area (Å²) < 4.78 is 2.44. The van der Waals surface area contributed by atoms with E-state index in [1.165, 1.54) is 33.6 Å². The number of amides is 1. The van der Waals surface area contributed by atoms with Crippen LogP contribution in [0.25, 0.3) is 15.9 Å². The minimum atomic E-state index is -0.179. The molecule has 0 spiro atoms. The second-order valence-electron chi connectivity index (χ2n) is 6.51. The standard InChI is InChI=1S/C19H18N6O2S2/c1-12-3-5-13(6-4-12)25-11-20-23-19(25)29-10-16(26)24(2)9-15-21-14-7-8-28-17(14)18(27)22-15/h3-8,11H,9-10H2,1-2H3,(H,21,22,27). The summed E-state index contributed by atoms with van der Waals surface area (Å²) >= 11 is 2.66. The lowest BCUT2D eigenvalue weighted by atomic mass is 10.2. The van der Waals surface area contributed by atoms with Crippen LogP contribution < -0.4 is 5.56 Å². The van der Waals surface area contributed by atoms with Crippen molar-refractivity contribution in [1.29, 1.82) is 0 Å². The third-order valence-corrected chi connectivity index (χ3v) is 6.16. The van der Waals surface area contributed by atoms with Crippen LogP contribution in [0.3, 0.4) is 0 Å². The molecule has 4 aromatic rings. The van der Waals surface area contributed by atoms with Gasteiger partial charge in [-0.2, -0.15) is 0 Å². The summed E-state index contributed by atoms with van der Waals surface area (Å²) in [6.45, 7) is 2.25. The smallest absolute Gasteiger partial charge is 0.268 e. The van der Waals surface area contributed by atoms with Gasteiger partial charge in [-0.3, -0.25) is 14.2 Å². The van der Waals surface area contributed by atoms with Crippen LogP contribution in [0.5, 0.6) is 0 Å². The largest absolute Gasteiger partial charge is 0.338 e. The highest BCUT2D eigenvalue weighted by molar-refractivity contribution is 7.99. The molecule has 8 nitrogen and oxygen atoms in total. The summed E-state index contributed by atoms with van der Waals surface area (Å²) in [7, 11) is 1.69. The van der Waals surface area contributed by atoms with E-state index in [4.69, 9.17) is 0 Å². The van der Waals surface area contributed by atoms with Gasteiger partial charge in [0.2, 0.25) is 5.91 Å². The second kappa shape index (κ2) is 8.18. The van der Waals surface area contributed by atoms with Gasteiger partial charge in [-0.15, -0.1) is 21.5 Å². The van der Waals surface area contributed by atoms with Gasteiger partial charge < -0.3 is 9.88 Å². The highest BCUT2D eigenvalue weighted by Crippen LogP contribution is 2.20. The monoisotopic (exact) mass is 426 g/mol. The van der Waals surface area contributed by atoms with Gasteiger partial charge in [0, 0.05) is 12.7 Å². The lowest BCUT2D eigenvalue weighted by molar-refractivity contribution is -0.127. The van der Waals surface area contributed by atoms with Crippen molar-refractivity contribution in [2.45, 2.75) is 18.6 Å². The molecular weight excluding hydrogens is 408 g/mol. The summed E-state index contributed by atoms with van der Waals surface area (Å²) in [5.74, 6) is 0.567. The molecule has 29 heavy (non-hydrogen) atoms. The van der Waals surface area contributed by atoms with Crippen molar-refractivity contribution in [3.8, 4) is 5.69 Å². The molecule has 0 bridgehead atoms. The number of hydrogen-bond acceptors (Lipinski definition) is 7. The Morgan fingerprint density at radius 1 is 1.28 bits per heavy atom. The number of fused-ring (bicyclic) bond motifs is 1. The normalized spacial score (nSPS) is 11.1. The van der Waals surface area contributed by atoms with E-state index < -0.39 is 0 Å². The molecule has 0 atom stereocenters. The Bertz CT molecular complexity index is 1210. The molecule has 1 aromatic carbocycles. The van der Waals surface area contributed by atoms with Crippen LogP contribution in [0, 0.1) is 6.92 Å². The number of aryl methyl sites for hydroxylation is 1. The first-order chi connectivity index (χ1) is 14.0. The molecule has 4 rings (SSSR count). The first-order valence-corrected chi connectivity index (χ1v) is 10.7. The Morgan fingerprint density at radius 3 is 2.86 bits per heavy atom. The lowest BCUT2D eigenvalue weighted by Gasteiger charge is -2.16. The molecule has 0 aliphatic heterocycles. The van der Waals surface area contributed by atoms with Crippen LogP contribution in [-0.2, 0) is 11.3 Å². The maximum absolute atomic E-state index is 12.6. The van der Waals surface area contributed by atoms with E-state index in [-0.39, 0.29) is 23.8 Å². The van der Waals surface area contributed by atoms with E-state index >= 15 is 0 Å². The number of rotatable bonds is 6. The number of thiophene rings is 1. The van der Waals surface area contributed by atoms with Crippen LogP contribution in [0.1, 0.15) is 11.4 Å². The number of thioether (sulfide) groups is 1. The number of benzene rings is 1. The van der Waals surface area contributed by atoms with Gasteiger partial charge in [0.05, 0.1) is 17.8 Å². The minimum Gasteiger partial charge on any atom is -0.338 e. The zero-order valence-corrected chi connectivity index (χ0v) is 17.5. The molecule has 0 unspecified atom stereocenters. The minimum absolute atomic E-state index is 0.0958. The number of H-pyrrole nitrogens is 1. The van der Waals surface area contributed by atoms with Crippen LogP contribution in [0.2, 0.25) is 0 Å². The van der Waals surface area contributed by atoms with Gasteiger partial charge in [0.25, 0.3) is 5.56 Å². The molecule has 1 amide bonds. The number of aromatic amines is 1. The zero-order valence-electron chi connectivity index (χ0n) is 15.8. The maximum Gasteiger partial charge on any atom is 0.268 e. The van der Waals surface area contributed by atoms with Crippen molar-refractivity contribution in [3.63, 3.8) is 0 Å². The van der Waals surface area contributed by atoms with E-state index in [1.807, 2.05) is 41.1 Å². The molecule has 0 aliphatic rings. The average molecular weight is 427 g/mol. The molecule has 0 radical (unpaired) electrons. The third kappa shape index (κ3) is 4.22. The molecule has 0 aliphatic carbocycles. The van der Waals surface area contributed by atoms with Crippen molar-refractivity contribution in [3.05, 3.63) is 63.8 Å². The number of nitrogens with one attached hydrogen (secondary N) is 1. The molecule has 3 aromatic heterocycles. The number of carbonyl (C=O) groups is 1. The van der Waals surface area contributed by atoms with Gasteiger partial charge in [0.1, 0.15) is 16.9 Å².